The van der Waals surface area contributed by atoms with Gasteiger partial charge in [0.25, 0.3) is 5.91 Å². The molecule has 0 radical (unpaired) electrons. The molecule has 1 saturated heterocycles. The molecule has 44 heavy (non-hydrogen) atoms. The van der Waals surface area contributed by atoms with Crippen LogP contribution in [0, 0.1) is 5.92 Å². The number of hydrogen-bond acceptors (Lipinski definition) is 8. The van der Waals surface area contributed by atoms with E-state index in [0.29, 0.717) is 30.8 Å². The van der Waals surface area contributed by atoms with Crippen LogP contribution in [0.1, 0.15) is 36.8 Å². The molecule has 1 atom stereocenters. The smallest absolute Gasteiger partial charge is 0.409 e. The van der Waals surface area contributed by atoms with Crippen molar-refractivity contribution >= 4 is 34.4 Å². The highest BCUT2D eigenvalue weighted by molar-refractivity contribution is 7.89. The van der Waals surface area contributed by atoms with Crippen molar-refractivity contribution in [3.05, 3.63) is 90.3 Å². The highest BCUT2D eigenvalue weighted by Crippen LogP contribution is 2.31. The zero-order valence-corrected chi connectivity index (χ0v) is 26.2. The molecule has 4 rings (SSSR count). The molecule has 0 bridgehead atoms. The molecule has 3 aromatic rings. The average Bonchev–Trinajstić information content (AvgIpc) is 3.05. The number of hydroxylamine groups is 1. The Morgan fingerprint density at radius 2 is 1.66 bits per heavy atom. The molecular weight excluding hydrogens is 608 g/mol. The van der Waals surface area contributed by atoms with Gasteiger partial charge in [0.15, 0.2) is 0 Å². The van der Waals surface area contributed by atoms with E-state index in [-0.39, 0.29) is 36.9 Å². The number of methoxy groups -OCH3 is 1. The molecule has 0 aliphatic carbocycles. The molecule has 0 unspecified atom stereocenters. The fourth-order valence-corrected chi connectivity index (χ4v) is 6.89. The first kappa shape index (κ1) is 34.8. The van der Waals surface area contributed by atoms with Crippen molar-refractivity contribution in [1.82, 2.24) is 19.7 Å². The average molecular weight is 647 g/mol. The largest absolute Gasteiger partial charge is 0.497 e. The summed E-state index contributed by atoms with van der Waals surface area (Å²) in [6.07, 6.45) is 5.88. The van der Waals surface area contributed by atoms with E-state index >= 15 is 0 Å². The van der Waals surface area contributed by atoms with Crippen LogP contribution in [0.2, 0.25) is 0 Å². The number of nitrogens with one attached hydrogen (secondary N) is 1. The predicted molar refractivity (Wildman–Crippen MR) is 166 cm³/mol. The van der Waals surface area contributed by atoms with Gasteiger partial charge in [-0.15, -0.1) is 12.4 Å². The second-order valence-electron chi connectivity index (χ2n) is 10.4. The molecule has 2 aromatic carbocycles. The Kier molecular flexibility index (Phi) is 13.4. The maximum atomic E-state index is 14.0. The fourth-order valence-electron chi connectivity index (χ4n) is 5.25. The molecule has 1 aliphatic heterocycles. The first-order valence-electron chi connectivity index (χ1n) is 14.3. The number of pyridine rings is 1. The summed E-state index contributed by atoms with van der Waals surface area (Å²) in [7, 11) is -2.73. The lowest BCUT2D eigenvalue weighted by atomic mass is 9.88. The summed E-state index contributed by atoms with van der Waals surface area (Å²) in [5.74, 6) is -0.831. The molecule has 2 amide bonds. The number of rotatable bonds is 13. The summed E-state index contributed by atoms with van der Waals surface area (Å²) < 4.78 is 39.8. The van der Waals surface area contributed by atoms with E-state index in [2.05, 4.69) is 17.1 Å². The minimum absolute atomic E-state index is 0. The number of aromatic nitrogens is 1. The van der Waals surface area contributed by atoms with Gasteiger partial charge in [0, 0.05) is 32.0 Å². The van der Waals surface area contributed by atoms with Crippen LogP contribution in [0.5, 0.6) is 5.75 Å². The summed E-state index contributed by atoms with van der Waals surface area (Å²) in [6.45, 7) is 0.754. The minimum atomic E-state index is -4.22. The molecule has 0 spiro atoms. The summed E-state index contributed by atoms with van der Waals surface area (Å²) in [6, 6.07) is 18.1. The third kappa shape index (κ3) is 9.15. The second kappa shape index (κ2) is 17.0. The van der Waals surface area contributed by atoms with E-state index in [0.717, 1.165) is 23.6 Å². The van der Waals surface area contributed by atoms with Crippen LogP contribution in [0.3, 0.4) is 0 Å². The second-order valence-corrected chi connectivity index (χ2v) is 12.3. The van der Waals surface area contributed by atoms with Crippen molar-refractivity contribution < 1.29 is 32.7 Å². The number of sulfonamides is 1. The van der Waals surface area contributed by atoms with Crippen LogP contribution in [0.15, 0.2) is 84.0 Å². The summed E-state index contributed by atoms with van der Waals surface area (Å²) >= 11 is 0. The number of halogens is 1. The number of benzene rings is 2. The number of amides is 2. The topological polar surface area (TPSA) is 138 Å². The van der Waals surface area contributed by atoms with E-state index in [1.165, 1.54) is 36.9 Å². The number of carbonyl (C=O) groups excluding carboxylic acids is 2. The van der Waals surface area contributed by atoms with Gasteiger partial charge in [-0.1, -0.05) is 30.3 Å². The summed E-state index contributed by atoms with van der Waals surface area (Å²) in [4.78, 5) is 31.4. The Labute approximate surface area is 264 Å². The number of ether oxygens (including phenoxy) is 2. The number of nitrogens with zero attached hydrogens (tertiary/aromatic N) is 3. The first-order valence-corrected chi connectivity index (χ1v) is 15.7. The standard InChI is InChI=1S/C31H38N4O7S.ClH/c1-41-27-10-12-28(13-11-27)43(39,40)35(23-25-14-18-32-19-15-25)29(30(36)33-38)26-16-20-34(21-17-26)31(37)42-22-6-5-9-24-7-3-2-4-8-24;/h2-4,7-8,10-15,18-19,26,29,38H,5-6,9,16-17,20-23H2,1H3,(H,33,36);1H/t29-;/m1./s1. The normalized spacial score (nSPS) is 14.4. The molecule has 13 heteroatoms. The summed E-state index contributed by atoms with van der Waals surface area (Å²) in [5, 5.41) is 9.68. The van der Waals surface area contributed by atoms with Gasteiger partial charge in [-0.05, 0) is 85.5 Å². The Morgan fingerprint density at radius 3 is 2.27 bits per heavy atom. The van der Waals surface area contributed by atoms with Gasteiger partial charge in [-0.25, -0.2) is 18.7 Å². The zero-order valence-electron chi connectivity index (χ0n) is 24.6. The zero-order chi connectivity index (χ0) is 30.7. The van der Waals surface area contributed by atoms with Crippen molar-refractivity contribution in [3.8, 4) is 5.75 Å². The summed E-state index contributed by atoms with van der Waals surface area (Å²) in [5.41, 5.74) is 3.53. The number of carbonyl (C=O) groups is 2. The molecular formula is C31H39ClN4O7S. The maximum Gasteiger partial charge on any atom is 0.409 e. The first-order chi connectivity index (χ1) is 20.8. The predicted octanol–water partition coefficient (Wildman–Crippen LogP) is 4.45. The van der Waals surface area contributed by atoms with Gasteiger partial charge in [-0.2, -0.15) is 4.31 Å². The van der Waals surface area contributed by atoms with E-state index in [1.807, 2.05) is 18.2 Å². The third-order valence-corrected chi connectivity index (χ3v) is 9.46. The monoisotopic (exact) mass is 646 g/mol. The SMILES string of the molecule is COc1ccc(S(=O)(=O)N(Cc2ccncc2)[C@@H](C(=O)NO)C2CCN(C(=O)OCCCCc3ccccc3)CC2)cc1.Cl. The quantitative estimate of drug-likeness (QED) is 0.158. The molecule has 0 saturated carbocycles. The molecule has 1 aromatic heterocycles. The Bertz CT molecular complexity index is 1420. The Balaban J connectivity index is 0.00000529. The van der Waals surface area contributed by atoms with Crippen molar-refractivity contribution in [2.75, 3.05) is 26.8 Å². The molecule has 11 nitrogen and oxygen atoms in total. The number of hydrogen-bond donors (Lipinski definition) is 2. The van der Waals surface area contributed by atoms with Gasteiger partial charge < -0.3 is 14.4 Å². The van der Waals surface area contributed by atoms with E-state index in [4.69, 9.17) is 9.47 Å². The lowest BCUT2D eigenvalue weighted by Crippen LogP contribution is -2.55. The van der Waals surface area contributed by atoms with Gasteiger partial charge in [0.2, 0.25) is 10.0 Å². The highest BCUT2D eigenvalue weighted by atomic mass is 35.5. The van der Waals surface area contributed by atoms with E-state index in [1.54, 1.807) is 34.9 Å². The highest BCUT2D eigenvalue weighted by Gasteiger charge is 2.42. The van der Waals surface area contributed by atoms with Crippen molar-refractivity contribution in [3.63, 3.8) is 0 Å². The third-order valence-electron chi connectivity index (χ3n) is 7.62. The van der Waals surface area contributed by atoms with Gasteiger partial charge in [0.1, 0.15) is 11.8 Å². The van der Waals surface area contributed by atoms with Crippen LogP contribution in [-0.4, -0.2) is 72.7 Å². The van der Waals surface area contributed by atoms with Gasteiger partial charge >= 0.3 is 6.09 Å². The Hall–Kier alpha value is -3.71. The van der Waals surface area contributed by atoms with E-state index in [9.17, 15) is 23.2 Å². The molecule has 2 N–H and O–H groups in total. The van der Waals surface area contributed by atoms with Gasteiger partial charge in [0.05, 0.1) is 18.6 Å². The van der Waals surface area contributed by atoms with Crippen LogP contribution >= 0.6 is 12.4 Å². The minimum Gasteiger partial charge on any atom is -0.497 e. The maximum absolute atomic E-state index is 14.0. The van der Waals surface area contributed by atoms with E-state index < -0.39 is 34.0 Å². The van der Waals surface area contributed by atoms with Crippen molar-refractivity contribution in [1.29, 1.82) is 0 Å². The lowest BCUT2D eigenvalue weighted by molar-refractivity contribution is -0.135. The number of unbranched alkanes of at least 4 members (excludes halogenated alkanes) is 1. The van der Waals surface area contributed by atoms with Crippen molar-refractivity contribution in [2.24, 2.45) is 5.92 Å². The number of likely N-dealkylation sites (tertiary alicyclic amines) is 1. The molecule has 1 fully saturated rings. The Morgan fingerprint density at radius 1 is 1.00 bits per heavy atom. The molecule has 1 aliphatic rings. The van der Waals surface area contributed by atoms with Crippen LogP contribution in [0.25, 0.3) is 0 Å². The molecule has 238 valence electrons. The van der Waals surface area contributed by atoms with Crippen molar-refractivity contribution in [2.45, 2.75) is 49.6 Å². The van der Waals surface area contributed by atoms with Crippen LogP contribution in [-0.2, 0) is 32.5 Å². The molecule has 2 heterocycles. The lowest BCUT2D eigenvalue weighted by Gasteiger charge is -2.39. The van der Waals surface area contributed by atoms with Crippen LogP contribution in [0.4, 0.5) is 4.79 Å². The number of piperidine rings is 1. The van der Waals surface area contributed by atoms with Gasteiger partial charge in [-0.3, -0.25) is 15.0 Å². The fraction of sp³-hybridized carbons (Fsp3) is 0.387. The van der Waals surface area contributed by atoms with Crippen LogP contribution < -0.4 is 10.2 Å². The number of aryl methyl sites for hydroxylation is 1.